The van der Waals surface area contributed by atoms with E-state index in [0.717, 1.165) is 36.6 Å². The molecular weight excluding hydrogens is 238 g/mol. The van der Waals surface area contributed by atoms with Gasteiger partial charge in [0.05, 0.1) is 5.69 Å². The number of anilines is 1. The molecule has 98 valence electrons. The topological polar surface area (TPSA) is 67.9 Å². The molecule has 0 radical (unpaired) electrons. The zero-order valence-electron chi connectivity index (χ0n) is 10.7. The molecule has 0 saturated carbocycles. The Morgan fingerprint density at radius 2 is 2.05 bits per heavy atom. The quantitative estimate of drug-likeness (QED) is 0.899. The lowest BCUT2D eigenvalue weighted by molar-refractivity contribution is 0.664. The van der Waals surface area contributed by atoms with E-state index in [0.29, 0.717) is 12.6 Å². The highest BCUT2D eigenvalue weighted by molar-refractivity contribution is 5.59. The van der Waals surface area contributed by atoms with Crippen molar-refractivity contribution in [1.29, 1.82) is 0 Å². The summed E-state index contributed by atoms with van der Waals surface area (Å²) in [6.07, 6.45) is 7.64. The first-order chi connectivity index (χ1) is 9.38. The monoisotopic (exact) mass is 255 g/mol. The lowest BCUT2D eigenvalue weighted by Gasteiger charge is -2.23. The van der Waals surface area contributed by atoms with Gasteiger partial charge in [-0.2, -0.15) is 0 Å². The Bertz CT molecular complexity index is 543. The SMILES string of the molecule is NCC1CCCN1c1nccc(-c2ccncc2)n1. The van der Waals surface area contributed by atoms with Crippen LogP contribution in [-0.4, -0.2) is 34.1 Å². The first-order valence-corrected chi connectivity index (χ1v) is 6.58. The minimum atomic E-state index is 0.368. The molecule has 0 aliphatic carbocycles. The van der Waals surface area contributed by atoms with Crippen LogP contribution in [0.25, 0.3) is 11.3 Å². The fraction of sp³-hybridized carbons (Fsp3) is 0.357. The van der Waals surface area contributed by atoms with Crippen LogP contribution >= 0.6 is 0 Å². The normalized spacial score (nSPS) is 18.8. The van der Waals surface area contributed by atoms with Gasteiger partial charge < -0.3 is 10.6 Å². The zero-order valence-corrected chi connectivity index (χ0v) is 10.7. The zero-order chi connectivity index (χ0) is 13.1. The van der Waals surface area contributed by atoms with Gasteiger partial charge in [0.1, 0.15) is 0 Å². The molecule has 1 aliphatic heterocycles. The summed E-state index contributed by atoms with van der Waals surface area (Å²) in [4.78, 5) is 15.3. The van der Waals surface area contributed by atoms with Gasteiger partial charge in [-0.3, -0.25) is 4.98 Å². The van der Waals surface area contributed by atoms with Gasteiger partial charge in [0.2, 0.25) is 5.95 Å². The Morgan fingerprint density at radius 3 is 2.84 bits per heavy atom. The summed E-state index contributed by atoms with van der Waals surface area (Å²) in [5.74, 6) is 0.780. The van der Waals surface area contributed by atoms with Crippen LogP contribution in [0.5, 0.6) is 0 Å². The molecule has 1 unspecified atom stereocenters. The van der Waals surface area contributed by atoms with Crippen molar-refractivity contribution in [2.75, 3.05) is 18.0 Å². The molecule has 0 spiro atoms. The van der Waals surface area contributed by atoms with Crippen molar-refractivity contribution in [2.24, 2.45) is 5.73 Å². The number of rotatable bonds is 3. The molecule has 0 aromatic carbocycles. The third-order valence-electron chi connectivity index (χ3n) is 3.53. The second-order valence-electron chi connectivity index (χ2n) is 4.70. The van der Waals surface area contributed by atoms with Crippen LogP contribution in [0.3, 0.4) is 0 Å². The van der Waals surface area contributed by atoms with E-state index in [-0.39, 0.29) is 0 Å². The van der Waals surface area contributed by atoms with E-state index in [1.807, 2.05) is 24.4 Å². The maximum atomic E-state index is 5.81. The van der Waals surface area contributed by atoms with Gasteiger partial charge in [0.15, 0.2) is 0 Å². The number of nitrogens with zero attached hydrogens (tertiary/aromatic N) is 4. The molecule has 1 atom stereocenters. The summed E-state index contributed by atoms with van der Waals surface area (Å²) in [5, 5.41) is 0. The fourth-order valence-electron chi connectivity index (χ4n) is 2.51. The fourth-order valence-corrected chi connectivity index (χ4v) is 2.51. The standard InChI is InChI=1S/C14H17N5/c15-10-12-2-1-9-19(12)14-17-8-5-13(18-14)11-3-6-16-7-4-11/h3-8,12H,1-2,9-10,15H2. The Morgan fingerprint density at radius 1 is 1.21 bits per heavy atom. The molecule has 1 saturated heterocycles. The summed E-state index contributed by atoms with van der Waals surface area (Å²) < 4.78 is 0. The Kier molecular flexibility index (Phi) is 3.37. The molecule has 1 aliphatic rings. The maximum Gasteiger partial charge on any atom is 0.226 e. The van der Waals surface area contributed by atoms with Crippen molar-refractivity contribution in [1.82, 2.24) is 15.0 Å². The predicted octanol–water partition coefficient (Wildman–Crippen LogP) is 1.47. The lowest BCUT2D eigenvalue weighted by Crippen LogP contribution is -2.36. The lowest BCUT2D eigenvalue weighted by atomic mass is 10.2. The van der Waals surface area contributed by atoms with E-state index in [9.17, 15) is 0 Å². The minimum absolute atomic E-state index is 0.368. The van der Waals surface area contributed by atoms with Crippen LogP contribution in [0, 0.1) is 0 Å². The highest BCUT2D eigenvalue weighted by Crippen LogP contribution is 2.24. The van der Waals surface area contributed by atoms with Gasteiger partial charge in [-0.1, -0.05) is 0 Å². The number of hydrogen-bond donors (Lipinski definition) is 1. The molecule has 0 amide bonds. The molecule has 0 bridgehead atoms. The van der Waals surface area contributed by atoms with Crippen molar-refractivity contribution < 1.29 is 0 Å². The molecule has 3 rings (SSSR count). The van der Waals surface area contributed by atoms with Crippen LogP contribution in [0.4, 0.5) is 5.95 Å². The van der Waals surface area contributed by atoms with Crippen molar-refractivity contribution in [3.63, 3.8) is 0 Å². The smallest absolute Gasteiger partial charge is 0.226 e. The van der Waals surface area contributed by atoms with Gasteiger partial charge >= 0.3 is 0 Å². The Hall–Kier alpha value is -2.01. The van der Waals surface area contributed by atoms with Gasteiger partial charge in [-0.05, 0) is 31.0 Å². The largest absolute Gasteiger partial charge is 0.337 e. The molecule has 2 aromatic heterocycles. The predicted molar refractivity (Wildman–Crippen MR) is 74.7 cm³/mol. The van der Waals surface area contributed by atoms with Crippen molar-refractivity contribution in [3.05, 3.63) is 36.8 Å². The van der Waals surface area contributed by atoms with E-state index in [4.69, 9.17) is 5.73 Å². The molecule has 2 aromatic rings. The highest BCUT2D eigenvalue weighted by Gasteiger charge is 2.25. The Balaban J connectivity index is 1.92. The molecule has 1 fully saturated rings. The summed E-state index contributed by atoms with van der Waals surface area (Å²) >= 11 is 0. The van der Waals surface area contributed by atoms with Crippen molar-refractivity contribution >= 4 is 5.95 Å². The van der Waals surface area contributed by atoms with Crippen LogP contribution < -0.4 is 10.6 Å². The molecule has 2 N–H and O–H groups in total. The second-order valence-corrected chi connectivity index (χ2v) is 4.70. The molecule has 3 heterocycles. The second kappa shape index (κ2) is 5.32. The molecule has 19 heavy (non-hydrogen) atoms. The first-order valence-electron chi connectivity index (χ1n) is 6.58. The summed E-state index contributed by atoms with van der Waals surface area (Å²) in [6, 6.07) is 6.20. The molecular formula is C14H17N5. The van der Waals surface area contributed by atoms with E-state index in [1.54, 1.807) is 12.4 Å². The van der Waals surface area contributed by atoms with E-state index >= 15 is 0 Å². The van der Waals surface area contributed by atoms with Gasteiger partial charge in [-0.15, -0.1) is 0 Å². The maximum absolute atomic E-state index is 5.81. The minimum Gasteiger partial charge on any atom is -0.337 e. The van der Waals surface area contributed by atoms with Crippen molar-refractivity contribution in [2.45, 2.75) is 18.9 Å². The summed E-state index contributed by atoms with van der Waals surface area (Å²) in [5.41, 5.74) is 7.79. The third-order valence-corrected chi connectivity index (χ3v) is 3.53. The number of hydrogen-bond acceptors (Lipinski definition) is 5. The highest BCUT2D eigenvalue weighted by atomic mass is 15.3. The number of pyridine rings is 1. The third kappa shape index (κ3) is 2.42. The van der Waals surface area contributed by atoms with Gasteiger partial charge in [-0.25, -0.2) is 9.97 Å². The summed E-state index contributed by atoms with van der Waals surface area (Å²) in [6.45, 7) is 1.64. The van der Waals surface area contributed by atoms with Crippen molar-refractivity contribution in [3.8, 4) is 11.3 Å². The average molecular weight is 255 g/mol. The van der Waals surface area contributed by atoms with Crippen LogP contribution in [0.2, 0.25) is 0 Å². The molecule has 5 nitrogen and oxygen atoms in total. The van der Waals surface area contributed by atoms with Crippen LogP contribution in [-0.2, 0) is 0 Å². The summed E-state index contributed by atoms with van der Waals surface area (Å²) in [7, 11) is 0. The average Bonchev–Trinajstić information content (AvgIpc) is 2.97. The first kappa shape index (κ1) is 12.0. The van der Waals surface area contributed by atoms with E-state index in [1.165, 1.54) is 0 Å². The van der Waals surface area contributed by atoms with Crippen LogP contribution in [0.1, 0.15) is 12.8 Å². The van der Waals surface area contributed by atoms with Gasteiger partial charge in [0, 0.05) is 43.3 Å². The van der Waals surface area contributed by atoms with Gasteiger partial charge in [0.25, 0.3) is 0 Å². The number of aromatic nitrogens is 3. The van der Waals surface area contributed by atoms with E-state index < -0.39 is 0 Å². The Labute approximate surface area is 112 Å². The van der Waals surface area contributed by atoms with E-state index in [2.05, 4.69) is 19.9 Å². The number of nitrogens with two attached hydrogens (primary N) is 1. The van der Waals surface area contributed by atoms with Crippen LogP contribution in [0.15, 0.2) is 36.8 Å². The molecule has 5 heteroatoms.